The van der Waals surface area contributed by atoms with Crippen molar-refractivity contribution < 1.29 is 0 Å². The largest absolute Gasteiger partial charge is 0.0776 e. The van der Waals surface area contributed by atoms with E-state index in [2.05, 4.69) is 225 Å². The summed E-state index contributed by atoms with van der Waals surface area (Å²) >= 11 is 0. The minimum absolute atomic E-state index is 0. The first-order chi connectivity index (χ1) is 33.0. The summed E-state index contributed by atoms with van der Waals surface area (Å²) in [7, 11) is 0. The van der Waals surface area contributed by atoms with Gasteiger partial charge in [-0.3, -0.25) is 0 Å². The zero-order valence-electron chi connectivity index (χ0n) is 45.9. The van der Waals surface area contributed by atoms with Crippen LogP contribution in [-0.2, 0) is 0 Å². The summed E-state index contributed by atoms with van der Waals surface area (Å²) in [6.07, 6.45) is 6.13. The summed E-state index contributed by atoms with van der Waals surface area (Å²) in [4.78, 5) is 0. The van der Waals surface area contributed by atoms with E-state index in [-0.39, 0.29) is 14.9 Å². The van der Waals surface area contributed by atoms with E-state index in [1.54, 1.807) is 0 Å². The van der Waals surface area contributed by atoms with E-state index in [1.165, 1.54) is 109 Å². The minimum atomic E-state index is 0. The molecule has 2 aliphatic rings. The summed E-state index contributed by atoms with van der Waals surface area (Å²) in [6.45, 7) is 37.3. The Bertz CT molecular complexity index is 2040. The van der Waals surface area contributed by atoms with E-state index in [9.17, 15) is 0 Å². The van der Waals surface area contributed by atoms with Gasteiger partial charge >= 0.3 is 0 Å². The van der Waals surface area contributed by atoms with Crippen molar-refractivity contribution in [3.05, 3.63) is 192 Å². The van der Waals surface area contributed by atoms with Gasteiger partial charge in [0.2, 0.25) is 0 Å². The summed E-state index contributed by atoms with van der Waals surface area (Å²) in [5.41, 5.74) is 11.7. The lowest BCUT2D eigenvalue weighted by Crippen LogP contribution is -1.93. The van der Waals surface area contributed by atoms with Gasteiger partial charge in [0, 0.05) is 11.8 Å². The van der Waals surface area contributed by atoms with Crippen molar-refractivity contribution in [1.82, 2.24) is 0 Å². The van der Waals surface area contributed by atoms with Crippen LogP contribution in [0.25, 0.3) is 54.6 Å². The van der Waals surface area contributed by atoms with Crippen LogP contribution in [0.1, 0.15) is 206 Å². The van der Waals surface area contributed by atoms with Crippen molar-refractivity contribution in [2.45, 2.75) is 183 Å². The third-order valence-corrected chi connectivity index (χ3v) is 10.4. The van der Waals surface area contributed by atoms with Crippen LogP contribution in [0.4, 0.5) is 0 Å². The Balaban J connectivity index is -0.000000797. The molecule has 2 aliphatic carbocycles. The quantitative estimate of drug-likeness (QED) is 0.152. The molecule has 0 nitrogen and oxygen atoms in total. The Morgan fingerprint density at radius 3 is 0.507 bits per heavy atom. The maximum absolute atomic E-state index is 2.27. The standard InChI is InChI=1S/C18H12.2C15H14.3C3H8.5C2H6.2CH4/c1-2-8-14-13(7-1)15-9-3-4-11-17(15)18-12-6-5-10-16(14)18;2*1-2-11-12-7-3-5-9-14(12)15-10-6-4-8-13(11)15;3*1-3-2;5*1-2;;/h1-12H;2*3-11H,2H2,1H3;3*3H2,1-2H3;5*1-2H3;2*1H4. The van der Waals surface area contributed by atoms with Crippen LogP contribution in [0.5, 0.6) is 0 Å². The normalized spacial score (nSPS) is 10.1. The molecule has 0 heteroatoms. The predicted molar refractivity (Wildman–Crippen MR) is 325 cm³/mol. The molecule has 0 aliphatic heterocycles. The highest BCUT2D eigenvalue weighted by molar-refractivity contribution is 6.25. The molecule has 0 fully saturated rings. The van der Waals surface area contributed by atoms with Gasteiger partial charge in [-0.1, -0.05) is 329 Å². The molecule has 0 N–H and O–H groups in total. The minimum Gasteiger partial charge on any atom is -0.0776 e. The van der Waals surface area contributed by atoms with E-state index in [1.807, 2.05) is 69.2 Å². The van der Waals surface area contributed by atoms with E-state index in [0.29, 0.717) is 11.8 Å². The van der Waals surface area contributed by atoms with Gasteiger partial charge in [-0.15, -0.1) is 0 Å². The van der Waals surface area contributed by atoms with Crippen LogP contribution in [0.3, 0.4) is 0 Å². The lowest BCUT2D eigenvalue weighted by molar-refractivity contribution is 0.797. The molecule has 0 saturated heterocycles. The van der Waals surface area contributed by atoms with E-state index in [0.717, 1.165) is 0 Å². The Morgan fingerprint density at radius 1 is 0.232 bits per heavy atom. The molecule has 69 heavy (non-hydrogen) atoms. The molecule has 0 heterocycles. The van der Waals surface area contributed by atoms with Gasteiger partial charge in [-0.25, -0.2) is 0 Å². The van der Waals surface area contributed by atoms with Crippen molar-refractivity contribution in [2.75, 3.05) is 0 Å². The van der Waals surface area contributed by atoms with Gasteiger partial charge in [0.05, 0.1) is 0 Å². The second kappa shape index (κ2) is 41.5. The van der Waals surface area contributed by atoms with Crippen LogP contribution in [0.2, 0.25) is 0 Å². The smallest absolute Gasteiger partial charge is 0.00990 e. The first-order valence-electron chi connectivity index (χ1n) is 26.7. The van der Waals surface area contributed by atoms with Gasteiger partial charge < -0.3 is 0 Å². The maximum Gasteiger partial charge on any atom is 0.00990 e. The highest BCUT2D eigenvalue weighted by Gasteiger charge is 2.27. The van der Waals surface area contributed by atoms with Crippen LogP contribution in [0.15, 0.2) is 170 Å². The third kappa shape index (κ3) is 18.4. The topological polar surface area (TPSA) is 0 Å². The van der Waals surface area contributed by atoms with Gasteiger partial charge in [0.25, 0.3) is 0 Å². The number of fused-ring (bicyclic) bond motifs is 12. The molecule has 378 valence electrons. The molecule has 10 rings (SSSR count). The molecule has 0 bridgehead atoms. The summed E-state index contributed by atoms with van der Waals surface area (Å²) in [5, 5.41) is 8.04. The SMILES string of the molecule is C.C.CC.CC.CC.CC.CC.CCC.CCC.CCC.CCC1c2ccccc2-c2ccccc21.CCC1c2ccccc2-c2ccccc21.c1ccc2c(c1)c1ccccc1c1ccccc21. The van der Waals surface area contributed by atoms with Crippen LogP contribution < -0.4 is 0 Å². The zero-order chi connectivity index (χ0) is 50.6. The number of rotatable bonds is 2. The van der Waals surface area contributed by atoms with Crippen LogP contribution in [0, 0.1) is 0 Å². The Labute approximate surface area is 428 Å². The number of hydrogen-bond acceptors (Lipinski definition) is 0. The molecule has 8 aromatic carbocycles. The second-order valence-electron chi connectivity index (χ2n) is 15.0. The average molecular weight is 932 g/mol. The van der Waals surface area contributed by atoms with Crippen molar-refractivity contribution >= 4 is 32.3 Å². The molecule has 0 amide bonds. The molecular weight excluding hydrogens is 829 g/mol. The van der Waals surface area contributed by atoms with Gasteiger partial charge in [0.1, 0.15) is 0 Å². The molecule has 0 aromatic heterocycles. The number of benzene rings is 8. The summed E-state index contributed by atoms with van der Waals surface area (Å²) < 4.78 is 0. The Morgan fingerprint density at radius 2 is 0.362 bits per heavy atom. The zero-order valence-corrected chi connectivity index (χ0v) is 45.9. The second-order valence-corrected chi connectivity index (χ2v) is 15.0. The third-order valence-electron chi connectivity index (χ3n) is 10.4. The molecule has 0 saturated carbocycles. The van der Waals surface area contributed by atoms with Gasteiger partial charge in [-0.2, -0.15) is 0 Å². The van der Waals surface area contributed by atoms with Crippen molar-refractivity contribution in [1.29, 1.82) is 0 Å². The Hall–Kier alpha value is -5.46. The van der Waals surface area contributed by atoms with E-state index >= 15 is 0 Å². The lowest BCUT2D eigenvalue weighted by Gasteiger charge is -2.09. The summed E-state index contributed by atoms with van der Waals surface area (Å²) in [5.74, 6) is 1.22. The molecule has 8 aromatic rings. The average Bonchev–Trinajstić information content (AvgIpc) is 3.93. The van der Waals surface area contributed by atoms with Gasteiger partial charge in [0.15, 0.2) is 0 Å². The summed E-state index contributed by atoms with van der Waals surface area (Å²) in [6, 6.07) is 61.1. The molecule has 0 radical (unpaired) electrons. The van der Waals surface area contributed by atoms with Crippen molar-refractivity contribution in [3.63, 3.8) is 0 Å². The Kier molecular flexibility index (Phi) is 40.8. The van der Waals surface area contributed by atoms with Gasteiger partial charge in [-0.05, 0) is 89.7 Å². The highest BCUT2D eigenvalue weighted by Crippen LogP contribution is 2.47. The fourth-order valence-corrected chi connectivity index (χ4v) is 8.26. The first-order valence-corrected chi connectivity index (χ1v) is 26.7. The molecule has 0 atom stereocenters. The predicted octanol–water partition coefficient (Wildman–Crippen LogP) is 24.2. The molecule has 0 spiro atoms. The van der Waals surface area contributed by atoms with E-state index < -0.39 is 0 Å². The van der Waals surface area contributed by atoms with Crippen molar-refractivity contribution in [2.24, 2.45) is 0 Å². The lowest BCUT2D eigenvalue weighted by atomic mass is 9.95. The monoisotopic (exact) mass is 931 g/mol. The molecule has 0 unspecified atom stereocenters. The molecular formula is C69H102. The van der Waals surface area contributed by atoms with Crippen molar-refractivity contribution in [3.8, 4) is 22.3 Å². The fourth-order valence-electron chi connectivity index (χ4n) is 8.26. The van der Waals surface area contributed by atoms with E-state index in [4.69, 9.17) is 0 Å². The van der Waals surface area contributed by atoms with Crippen LogP contribution in [-0.4, -0.2) is 0 Å². The maximum atomic E-state index is 2.27. The van der Waals surface area contributed by atoms with Crippen LogP contribution >= 0.6 is 0 Å². The number of hydrogen-bond donors (Lipinski definition) is 0. The fraction of sp³-hybridized carbons (Fsp3) is 0.391. The first kappa shape index (κ1) is 67.8. The highest BCUT2D eigenvalue weighted by atomic mass is 14.3.